The molecule has 0 unspecified atom stereocenters. The van der Waals surface area contributed by atoms with Gasteiger partial charge in [0.25, 0.3) is 0 Å². The molecule has 0 radical (unpaired) electrons. The highest BCUT2D eigenvalue weighted by atomic mass is 35.5. The Bertz CT molecular complexity index is 542. The Morgan fingerprint density at radius 1 is 1.31 bits per heavy atom. The molecular weight excluding hydrogens is 228 g/mol. The second-order valence-corrected chi connectivity index (χ2v) is 3.43. The molecule has 1 heterocycles. The summed E-state index contributed by atoms with van der Waals surface area (Å²) < 4.78 is 4.83. The van der Waals surface area contributed by atoms with E-state index in [1.807, 2.05) is 12.1 Å². The summed E-state index contributed by atoms with van der Waals surface area (Å²) in [5.41, 5.74) is 1.33. The van der Waals surface area contributed by atoms with Crippen molar-refractivity contribution in [3.05, 3.63) is 35.1 Å². The van der Waals surface area contributed by atoms with Crippen LogP contribution in [-0.2, 0) is 4.74 Å². The van der Waals surface area contributed by atoms with E-state index in [0.717, 1.165) is 0 Å². The molecule has 0 spiro atoms. The number of ether oxygens (including phenoxy) is 1. The van der Waals surface area contributed by atoms with Crippen LogP contribution in [0.2, 0.25) is 5.15 Å². The quantitative estimate of drug-likeness (QED) is 0.752. The van der Waals surface area contributed by atoms with Crippen LogP contribution >= 0.6 is 11.6 Å². The Labute approximate surface area is 97.2 Å². The molecule has 2 aromatic rings. The second kappa shape index (κ2) is 4.45. The largest absolute Gasteiger partial charge is 0.461 e. The molecule has 0 N–H and O–H groups in total. The molecule has 4 nitrogen and oxygen atoms in total. The first kappa shape index (κ1) is 10.8. The Balaban J connectivity index is 2.54. The van der Waals surface area contributed by atoms with Crippen molar-refractivity contribution in [1.29, 1.82) is 0 Å². The first-order chi connectivity index (χ1) is 7.72. The van der Waals surface area contributed by atoms with Crippen LogP contribution in [0.5, 0.6) is 0 Å². The maximum Gasteiger partial charge on any atom is 0.360 e. The zero-order chi connectivity index (χ0) is 11.5. The predicted molar refractivity (Wildman–Crippen MR) is 60.5 cm³/mol. The van der Waals surface area contributed by atoms with Gasteiger partial charge in [-0.3, -0.25) is 0 Å². The highest BCUT2D eigenvalue weighted by Crippen LogP contribution is 2.17. The molecule has 2 rings (SSSR count). The molecule has 0 aliphatic heterocycles. The predicted octanol–water partition coefficient (Wildman–Crippen LogP) is 2.46. The van der Waals surface area contributed by atoms with Crippen molar-refractivity contribution < 1.29 is 9.53 Å². The minimum Gasteiger partial charge on any atom is -0.461 e. The lowest BCUT2D eigenvalue weighted by atomic mass is 10.3. The summed E-state index contributed by atoms with van der Waals surface area (Å²) in [6, 6.07) is 7.20. The zero-order valence-corrected chi connectivity index (χ0v) is 9.36. The Hall–Kier alpha value is -1.68. The van der Waals surface area contributed by atoms with Crippen molar-refractivity contribution in [3.8, 4) is 0 Å². The third kappa shape index (κ3) is 1.97. The summed E-state index contributed by atoms with van der Waals surface area (Å²) in [5.74, 6) is -0.550. The van der Waals surface area contributed by atoms with Gasteiger partial charge in [0.2, 0.25) is 0 Å². The Morgan fingerprint density at radius 3 is 2.56 bits per heavy atom. The summed E-state index contributed by atoms with van der Waals surface area (Å²) in [7, 11) is 0. The van der Waals surface area contributed by atoms with Gasteiger partial charge in [-0.2, -0.15) is 0 Å². The molecule has 0 amide bonds. The highest BCUT2D eigenvalue weighted by Gasteiger charge is 2.15. The van der Waals surface area contributed by atoms with E-state index < -0.39 is 5.97 Å². The molecule has 0 saturated heterocycles. The summed E-state index contributed by atoms with van der Waals surface area (Å²) in [5, 5.41) is 0.0668. The number of halogens is 1. The van der Waals surface area contributed by atoms with Crippen molar-refractivity contribution in [3.63, 3.8) is 0 Å². The number of fused-ring (bicyclic) bond motifs is 1. The number of benzene rings is 1. The van der Waals surface area contributed by atoms with Crippen molar-refractivity contribution in [2.24, 2.45) is 0 Å². The summed E-state index contributed by atoms with van der Waals surface area (Å²) >= 11 is 5.86. The number of esters is 1. The molecule has 0 aliphatic rings. The lowest BCUT2D eigenvalue weighted by Crippen LogP contribution is -2.09. The van der Waals surface area contributed by atoms with E-state index in [0.29, 0.717) is 11.0 Å². The van der Waals surface area contributed by atoms with Gasteiger partial charge in [0.15, 0.2) is 10.8 Å². The molecular formula is C11H9ClN2O2. The van der Waals surface area contributed by atoms with Crippen LogP contribution in [0.15, 0.2) is 24.3 Å². The maximum absolute atomic E-state index is 11.5. The van der Waals surface area contributed by atoms with E-state index in [4.69, 9.17) is 16.3 Å². The van der Waals surface area contributed by atoms with Crippen molar-refractivity contribution in [1.82, 2.24) is 9.97 Å². The summed E-state index contributed by atoms with van der Waals surface area (Å²) in [4.78, 5) is 19.7. The van der Waals surface area contributed by atoms with E-state index in [1.54, 1.807) is 19.1 Å². The van der Waals surface area contributed by atoms with E-state index in [9.17, 15) is 4.79 Å². The van der Waals surface area contributed by atoms with Crippen LogP contribution in [-0.4, -0.2) is 22.5 Å². The fourth-order valence-electron chi connectivity index (χ4n) is 1.31. The van der Waals surface area contributed by atoms with E-state index >= 15 is 0 Å². The van der Waals surface area contributed by atoms with Gasteiger partial charge in [-0.15, -0.1) is 0 Å². The molecule has 0 bridgehead atoms. The number of aromatic nitrogens is 2. The number of nitrogens with zero attached hydrogens (tertiary/aromatic N) is 2. The number of para-hydroxylation sites is 2. The molecule has 16 heavy (non-hydrogen) atoms. The normalized spacial score (nSPS) is 10.4. The fourth-order valence-corrected chi connectivity index (χ4v) is 1.52. The number of hydrogen-bond acceptors (Lipinski definition) is 4. The monoisotopic (exact) mass is 236 g/mol. The molecule has 0 aliphatic carbocycles. The average Bonchev–Trinajstić information content (AvgIpc) is 2.28. The lowest BCUT2D eigenvalue weighted by Gasteiger charge is -2.04. The fraction of sp³-hybridized carbons (Fsp3) is 0.182. The maximum atomic E-state index is 11.5. The molecule has 0 fully saturated rings. The molecule has 82 valence electrons. The molecule has 0 atom stereocenters. The van der Waals surface area contributed by atoms with Crippen molar-refractivity contribution >= 4 is 28.6 Å². The van der Waals surface area contributed by atoms with Crippen LogP contribution in [0.1, 0.15) is 17.4 Å². The minimum atomic E-state index is -0.550. The van der Waals surface area contributed by atoms with Crippen molar-refractivity contribution in [2.75, 3.05) is 6.61 Å². The second-order valence-electron chi connectivity index (χ2n) is 3.07. The third-order valence-corrected chi connectivity index (χ3v) is 2.26. The van der Waals surface area contributed by atoms with Gasteiger partial charge in [0.1, 0.15) is 0 Å². The van der Waals surface area contributed by atoms with Crippen LogP contribution < -0.4 is 0 Å². The van der Waals surface area contributed by atoms with Crippen molar-refractivity contribution in [2.45, 2.75) is 6.92 Å². The molecule has 5 heteroatoms. The van der Waals surface area contributed by atoms with Crippen LogP contribution in [0.25, 0.3) is 11.0 Å². The SMILES string of the molecule is CCOC(=O)c1nc2ccccc2nc1Cl. The molecule has 1 aromatic heterocycles. The average molecular weight is 237 g/mol. The first-order valence-electron chi connectivity index (χ1n) is 4.81. The zero-order valence-electron chi connectivity index (χ0n) is 8.61. The van der Waals surface area contributed by atoms with Gasteiger partial charge in [0.05, 0.1) is 17.6 Å². The van der Waals surface area contributed by atoms with Crippen LogP contribution in [0.3, 0.4) is 0 Å². The standard InChI is InChI=1S/C11H9ClN2O2/c1-2-16-11(15)9-10(12)14-8-6-4-3-5-7(8)13-9/h3-6H,2H2,1H3. The van der Waals surface area contributed by atoms with Gasteiger partial charge in [-0.1, -0.05) is 23.7 Å². The van der Waals surface area contributed by atoms with Crippen LogP contribution in [0, 0.1) is 0 Å². The first-order valence-corrected chi connectivity index (χ1v) is 5.19. The van der Waals surface area contributed by atoms with Gasteiger partial charge >= 0.3 is 5.97 Å². The number of carbonyl (C=O) groups is 1. The van der Waals surface area contributed by atoms with E-state index in [-0.39, 0.29) is 17.5 Å². The molecule has 0 saturated carbocycles. The Morgan fingerprint density at radius 2 is 1.94 bits per heavy atom. The highest BCUT2D eigenvalue weighted by molar-refractivity contribution is 6.32. The summed E-state index contributed by atoms with van der Waals surface area (Å²) in [6.45, 7) is 2.00. The van der Waals surface area contributed by atoms with E-state index in [2.05, 4.69) is 9.97 Å². The number of carbonyl (C=O) groups excluding carboxylic acids is 1. The smallest absolute Gasteiger partial charge is 0.360 e. The third-order valence-electron chi connectivity index (χ3n) is 2.00. The van der Waals surface area contributed by atoms with Gasteiger partial charge in [0, 0.05) is 0 Å². The van der Waals surface area contributed by atoms with Gasteiger partial charge in [-0.05, 0) is 19.1 Å². The minimum absolute atomic E-state index is 0.0576. The van der Waals surface area contributed by atoms with E-state index in [1.165, 1.54) is 0 Å². The Kier molecular flexibility index (Phi) is 3.01. The number of hydrogen-bond donors (Lipinski definition) is 0. The van der Waals surface area contributed by atoms with Crippen LogP contribution in [0.4, 0.5) is 0 Å². The topological polar surface area (TPSA) is 52.1 Å². The molecule has 1 aromatic carbocycles. The summed E-state index contributed by atoms with van der Waals surface area (Å²) in [6.07, 6.45) is 0. The van der Waals surface area contributed by atoms with Gasteiger partial charge < -0.3 is 4.74 Å². The lowest BCUT2D eigenvalue weighted by molar-refractivity contribution is 0.0519. The van der Waals surface area contributed by atoms with Gasteiger partial charge in [-0.25, -0.2) is 14.8 Å². The number of rotatable bonds is 2.